The minimum absolute atomic E-state index is 0.352. The average molecular weight is 410 g/mol. The third-order valence-corrected chi connectivity index (χ3v) is 4.45. The predicted molar refractivity (Wildman–Crippen MR) is 113 cm³/mol. The summed E-state index contributed by atoms with van der Waals surface area (Å²) < 4.78 is 13.5. The largest absolute Gasteiger partial charge is 0.476 e. The number of hydrogen-bond donors (Lipinski definition) is 0. The van der Waals surface area contributed by atoms with Gasteiger partial charge < -0.3 is 9.47 Å². The lowest BCUT2D eigenvalue weighted by atomic mass is 10.3. The Bertz CT molecular complexity index is 1030. The second-order valence-corrected chi connectivity index (χ2v) is 6.70. The Morgan fingerprint density at radius 3 is 2.66 bits per heavy atom. The molecule has 0 spiro atoms. The van der Waals surface area contributed by atoms with E-state index in [1.165, 1.54) is 5.41 Å². The maximum Gasteiger partial charge on any atom is 0.246 e. The van der Waals surface area contributed by atoms with Gasteiger partial charge in [0.25, 0.3) is 0 Å². The van der Waals surface area contributed by atoms with Crippen LogP contribution < -0.4 is 9.47 Å². The lowest BCUT2D eigenvalue weighted by Gasteiger charge is -2.08. The molecule has 3 aromatic rings. The molecule has 0 saturated heterocycles. The number of fused-ring (bicyclic) bond motifs is 1. The Morgan fingerprint density at radius 2 is 1.93 bits per heavy atom. The molecular formula is C21H22N4O3S. The van der Waals surface area contributed by atoms with Gasteiger partial charge in [-0.25, -0.2) is 9.78 Å². The number of rotatable bonds is 10. The highest BCUT2D eigenvalue weighted by atomic mass is 32.2. The van der Waals surface area contributed by atoms with Crippen molar-refractivity contribution in [1.29, 1.82) is 0 Å². The molecule has 8 heteroatoms. The molecule has 0 N–H and O–H groups in total. The Morgan fingerprint density at radius 1 is 1.10 bits per heavy atom. The van der Waals surface area contributed by atoms with Gasteiger partial charge in [0.1, 0.15) is 5.94 Å². The van der Waals surface area contributed by atoms with Gasteiger partial charge in [-0.2, -0.15) is 14.8 Å². The van der Waals surface area contributed by atoms with Crippen LogP contribution in [0, 0.1) is 0 Å². The first kappa shape index (κ1) is 20.6. The summed E-state index contributed by atoms with van der Waals surface area (Å²) in [4.78, 5) is 19.5. The van der Waals surface area contributed by atoms with Crippen molar-refractivity contribution in [2.24, 2.45) is 0 Å². The molecule has 2 aromatic heterocycles. The first-order valence-corrected chi connectivity index (χ1v) is 10.3. The number of aromatic nitrogens is 4. The smallest absolute Gasteiger partial charge is 0.246 e. The van der Waals surface area contributed by atoms with Crippen LogP contribution >= 0.6 is 11.8 Å². The zero-order valence-corrected chi connectivity index (χ0v) is 17.2. The van der Waals surface area contributed by atoms with Crippen LogP contribution in [0.3, 0.4) is 0 Å². The Balaban J connectivity index is 2.11. The van der Waals surface area contributed by atoms with Crippen LogP contribution in [-0.4, -0.2) is 38.9 Å². The quantitative estimate of drug-likeness (QED) is 0.161. The number of benzene rings is 1. The zero-order chi connectivity index (χ0) is 20.5. The fourth-order valence-corrected chi connectivity index (χ4v) is 3.08. The topological polar surface area (TPSA) is 79.1 Å². The molecule has 0 amide bonds. The van der Waals surface area contributed by atoms with Crippen molar-refractivity contribution in [2.45, 2.75) is 31.8 Å². The maximum atomic E-state index is 10.6. The molecule has 1 aromatic carbocycles. The van der Waals surface area contributed by atoms with Crippen molar-refractivity contribution in [3.63, 3.8) is 0 Å². The van der Waals surface area contributed by atoms with E-state index in [1.807, 2.05) is 37.3 Å². The summed E-state index contributed by atoms with van der Waals surface area (Å²) in [6, 6.07) is 9.68. The van der Waals surface area contributed by atoms with E-state index in [2.05, 4.69) is 34.1 Å². The van der Waals surface area contributed by atoms with Crippen molar-refractivity contribution in [1.82, 2.24) is 19.7 Å². The van der Waals surface area contributed by atoms with E-state index in [-0.39, 0.29) is 0 Å². The predicted octanol–water partition coefficient (Wildman–Crippen LogP) is 4.39. The number of hydrogen-bond acceptors (Lipinski definition) is 7. The van der Waals surface area contributed by atoms with Gasteiger partial charge in [-0.15, -0.1) is 0 Å². The molecule has 0 bridgehead atoms. The van der Waals surface area contributed by atoms with Gasteiger partial charge in [-0.05, 0) is 43.7 Å². The summed E-state index contributed by atoms with van der Waals surface area (Å²) in [6.45, 7) is 4.87. The van der Waals surface area contributed by atoms with Gasteiger partial charge in [0, 0.05) is 0 Å². The number of thioether (sulfide) groups is 1. The molecular weight excluding hydrogens is 388 g/mol. The van der Waals surface area contributed by atoms with E-state index < -0.39 is 0 Å². The van der Waals surface area contributed by atoms with E-state index in [4.69, 9.17) is 9.47 Å². The zero-order valence-electron chi connectivity index (χ0n) is 16.4. The van der Waals surface area contributed by atoms with Gasteiger partial charge in [0.05, 0.1) is 24.3 Å². The third kappa shape index (κ3) is 5.04. The maximum absolute atomic E-state index is 10.6. The van der Waals surface area contributed by atoms with E-state index in [0.29, 0.717) is 41.2 Å². The summed E-state index contributed by atoms with van der Waals surface area (Å²) >= 11 is 1.07. The number of carbonyl (C=O) groups excluding carboxylic acids is 1. The van der Waals surface area contributed by atoms with Crippen LogP contribution in [0.15, 0.2) is 53.0 Å². The molecule has 0 unspecified atom stereocenters. The van der Waals surface area contributed by atoms with E-state index in [9.17, 15) is 4.79 Å². The Labute approximate surface area is 173 Å². The molecule has 3 rings (SSSR count). The number of ether oxygens (including phenoxy) is 2. The van der Waals surface area contributed by atoms with Crippen molar-refractivity contribution in [3.8, 4) is 17.4 Å². The monoisotopic (exact) mass is 410 g/mol. The lowest BCUT2D eigenvalue weighted by Crippen LogP contribution is -2.04. The van der Waals surface area contributed by atoms with Crippen LogP contribution in [0.2, 0.25) is 0 Å². The number of nitrogens with zero attached hydrogens (tertiary/aromatic N) is 4. The highest BCUT2D eigenvalue weighted by molar-refractivity contribution is 8.02. The minimum atomic E-state index is 0.352. The fourth-order valence-electron chi connectivity index (χ4n) is 2.65. The molecule has 0 aliphatic heterocycles. The van der Waals surface area contributed by atoms with Gasteiger partial charge in [0.2, 0.25) is 11.8 Å². The highest BCUT2D eigenvalue weighted by Gasteiger charge is 2.21. The van der Waals surface area contributed by atoms with Crippen LogP contribution in [0.1, 0.15) is 26.7 Å². The highest BCUT2D eigenvalue weighted by Crippen LogP contribution is 2.33. The summed E-state index contributed by atoms with van der Waals surface area (Å²) in [7, 11) is 0. The fraction of sp³-hybridized carbons (Fsp3) is 0.286. The average Bonchev–Trinajstić information content (AvgIpc) is 3.12. The molecule has 2 heterocycles. The first-order valence-electron chi connectivity index (χ1n) is 9.41. The molecule has 0 atom stereocenters. The van der Waals surface area contributed by atoms with E-state index >= 15 is 0 Å². The van der Waals surface area contributed by atoms with Crippen LogP contribution in [-0.2, 0) is 4.79 Å². The van der Waals surface area contributed by atoms with Crippen LogP contribution in [0.5, 0.6) is 11.8 Å². The summed E-state index contributed by atoms with van der Waals surface area (Å²) in [6.07, 6.45) is 5.95. The molecule has 0 aliphatic rings. The van der Waals surface area contributed by atoms with Crippen molar-refractivity contribution >= 4 is 28.7 Å². The van der Waals surface area contributed by atoms with Gasteiger partial charge in [-0.1, -0.05) is 37.3 Å². The summed E-state index contributed by atoms with van der Waals surface area (Å²) in [5.74, 6) is 2.58. The molecule has 29 heavy (non-hydrogen) atoms. The molecule has 150 valence electrons. The molecule has 0 fully saturated rings. The summed E-state index contributed by atoms with van der Waals surface area (Å²) in [5.41, 5.74) is 1.89. The van der Waals surface area contributed by atoms with E-state index in [0.717, 1.165) is 30.3 Å². The van der Waals surface area contributed by atoms with Crippen LogP contribution in [0.4, 0.5) is 0 Å². The van der Waals surface area contributed by atoms with Crippen molar-refractivity contribution in [3.05, 3.63) is 47.9 Å². The van der Waals surface area contributed by atoms with E-state index in [1.54, 1.807) is 10.6 Å². The standard InChI is InChI=1S/C21H22N4O3S/c1-3-5-6-10-14-28-20-18-17(24-25(20)16-11-8-7-9-12-16)19(27-4-2)23-21(22-18)29-15-13-26/h5-9,11-12,15H,3-4,10,14H2,1-2H3. The lowest BCUT2D eigenvalue weighted by molar-refractivity contribution is 0.305. The van der Waals surface area contributed by atoms with Crippen LogP contribution in [0.25, 0.3) is 16.7 Å². The second-order valence-electron chi connectivity index (χ2n) is 5.86. The SMILES string of the molecule is CCC=CCCOc1c2nc(SC=C=O)nc(OCC)c2nn1-c1ccccc1. The molecule has 7 nitrogen and oxygen atoms in total. The second kappa shape index (κ2) is 10.5. The van der Waals surface area contributed by atoms with Gasteiger partial charge in [0.15, 0.2) is 16.2 Å². The van der Waals surface area contributed by atoms with Crippen molar-refractivity contribution < 1.29 is 14.3 Å². The normalized spacial score (nSPS) is 11.0. The van der Waals surface area contributed by atoms with Gasteiger partial charge >= 0.3 is 0 Å². The molecule has 0 radical (unpaired) electrons. The Hall–Kier alpha value is -3.09. The number of allylic oxidation sites excluding steroid dienone is 1. The van der Waals surface area contributed by atoms with Crippen molar-refractivity contribution in [2.75, 3.05) is 13.2 Å². The molecule has 0 aliphatic carbocycles. The number of para-hydroxylation sites is 1. The minimum Gasteiger partial charge on any atom is -0.476 e. The Kier molecular flexibility index (Phi) is 7.44. The first-order chi connectivity index (χ1) is 14.3. The van der Waals surface area contributed by atoms with Gasteiger partial charge in [-0.3, -0.25) is 0 Å². The third-order valence-electron chi connectivity index (χ3n) is 3.85. The summed E-state index contributed by atoms with van der Waals surface area (Å²) in [5, 5.41) is 6.29. The molecule has 0 saturated carbocycles.